The van der Waals surface area contributed by atoms with Gasteiger partial charge in [-0.1, -0.05) is 18.2 Å². The number of rotatable bonds is 5. The molecule has 1 amide bonds. The summed E-state index contributed by atoms with van der Waals surface area (Å²) in [5.41, 5.74) is 3.78. The number of halogens is 1. The molecule has 1 saturated heterocycles. The Balaban J connectivity index is 1.29. The van der Waals surface area contributed by atoms with Gasteiger partial charge in [-0.05, 0) is 80.2 Å². The van der Waals surface area contributed by atoms with Gasteiger partial charge in [0.1, 0.15) is 5.82 Å². The number of aryl methyl sites for hydroxylation is 1. The van der Waals surface area contributed by atoms with Gasteiger partial charge in [-0.3, -0.25) is 14.7 Å². The second-order valence-electron chi connectivity index (χ2n) is 7.92. The zero-order valence-corrected chi connectivity index (χ0v) is 16.7. The van der Waals surface area contributed by atoms with Crippen LogP contribution in [0.15, 0.2) is 54.7 Å². The van der Waals surface area contributed by atoms with E-state index < -0.39 is 0 Å². The van der Waals surface area contributed by atoms with Crippen LogP contribution in [-0.4, -0.2) is 28.9 Å². The average Bonchev–Trinajstić information content (AvgIpc) is 2.72. The number of aromatic nitrogens is 1. The van der Waals surface area contributed by atoms with Crippen LogP contribution in [0.1, 0.15) is 30.4 Å². The lowest BCUT2D eigenvalue weighted by atomic mass is 9.92. The maximum Gasteiger partial charge on any atom is 0.224 e. The summed E-state index contributed by atoms with van der Waals surface area (Å²) in [6.45, 7) is 4.70. The zero-order valence-electron chi connectivity index (χ0n) is 16.7. The Morgan fingerprint density at radius 1 is 1.17 bits per heavy atom. The molecule has 0 atom stereocenters. The molecule has 29 heavy (non-hydrogen) atoms. The molecule has 1 aliphatic heterocycles. The van der Waals surface area contributed by atoms with E-state index in [-0.39, 0.29) is 11.7 Å². The second kappa shape index (κ2) is 8.70. The van der Waals surface area contributed by atoms with Crippen molar-refractivity contribution in [1.29, 1.82) is 0 Å². The van der Waals surface area contributed by atoms with Crippen LogP contribution in [0.2, 0.25) is 0 Å². The van der Waals surface area contributed by atoms with Crippen LogP contribution in [0.5, 0.6) is 0 Å². The fourth-order valence-corrected chi connectivity index (χ4v) is 4.11. The largest absolute Gasteiger partial charge is 0.326 e. The van der Waals surface area contributed by atoms with Crippen molar-refractivity contribution in [2.24, 2.45) is 5.92 Å². The summed E-state index contributed by atoms with van der Waals surface area (Å²) < 4.78 is 13.2. The third-order valence-corrected chi connectivity index (χ3v) is 5.78. The number of hydrogen-bond donors (Lipinski definition) is 1. The first-order valence-corrected chi connectivity index (χ1v) is 10.2. The van der Waals surface area contributed by atoms with Crippen LogP contribution in [0, 0.1) is 18.7 Å². The van der Waals surface area contributed by atoms with E-state index in [4.69, 9.17) is 0 Å². The predicted octanol–water partition coefficient (Wildman–Crippen LogP) is 4.92. The molecule has 150 valence electrons. The Hall–Kier alpha value is -2.79. The number of para-hydroxylation sites is 1. The van der Waals surface area contributed by atoms with Gasteiger partial charge in [0.15, 0.2) is 0 Å². The number of carbonyl (C=O) groups is 1. The Bertz CT molecular complexity index is 1010. The molecule has 0 bridgehead atoms. The molecule has 0 aliphatic carbocycles. The third-order valence-electron chi connectivity index (χ3n) is 5.78. The molecule has 2 heterocycles. The highest BCUT2D eigenvalue weighted by Gasteiger charge is 2.22. The minimum Gasteiger partial charge on any atom is -0.326 e. The number of likely N-dealkylation sites (tertiary alicyclic amines) is 1. The lowest BCUT2D eigenvalue weighted by Crippen LogP contribution is -2.34. The fraction of sp³-hybridized carbons (Fsp3) is 0.333. The molecular formula is C24H26FN3O. The number of amides is 1. The number of benzene rings is 2. The van der Waals surface area contributed by atoms with E-state index in [2.05, 4.69) is 33.4 Å². The molecule has 5 heteroatoms. The molecule has 1 fully saturated rings. The first-order valence-electron chi connectivity index (χ1n) is 10.2. The Kier molecular flexibility index (Phi) is 5.86. The highest BCUT2D eigenvalue weighted by atomic mass is 19.1. The lowest BCUT2D eigenvalue weighted by molar-refractivity contribution is -0.117. The van der Waals surface area contributed by atoms with Crippen molar-refractivity contribution < 1.29 is 9.18 Å². The summed E-state index contributed by atoms with van der Waals surface area (Å²) in [5, 5.41) is 4.14. The summed E-state index contributed by atoms with van der Waals surface area (Å²) in [7, 11) is 0. The van der Waals surface area contributed by atoms with Gasteiger partial charge in [0, 0.05) is 30.2 Å². The number of piperidine rings is 1. The highest BCUT2D eigenvalue weighted by molar-refractivity contribution is 5.91. The summed E-state index contributed by atoms with van der Waals surface area (Å²) in [6, 6.07) is 14.8. The monoisotopic (exact) mass is 391 g/mol. The van der Waals surface area contributed by atoms with Gasteiger partial charge < -0.3 is 5.32 Å². The molecule has 2 aromatic carbocycles. The molecule has 0 spiro atoms. The van der Waals surface area contributed by atoms with Crippen LogP contribution in [0.4, 0.5) is 10.1 Å². The summed E-state index contributed by atoms with van der Waals surface area (Å²) in [4.78, 5) is 19.3. The molecule has 1 aliphatic rings. The topological polar surface area (TPSA) is 45.2 Å². The van der Waals surface area contributed by atoms with Crippen molar-refractivity contribution in [3.8, 4) is 0 Å². The van der Waals surface area contributed by atoms with Crippen molar-refractivity contribution in [1.82, 2.24) is 9.88 Å². The van der Waals surface area contributed by atoms with E-state index >= 15 is 0 Å². The molecular weight excluding hydrogens is 365 g/mol. The molecule has 1 N–H and O–H groups in total. The van der Waals surface area contributed by atoms with Gasteiger partial charge in [0.25, 0.3) is 0 Å². The average molecular weight is 391 g/mol. The number of pyridine rings is 1. The van der Waals surface area contributed by atoms with Crippen LogP contribution < -0.4 is 5.32 Å². The van der Waals surface area contributed by atoms with Gasteiger partial charge in [0.2, 0.25) is 5.91 Å². The molecule has 0 unspecified atom stereocenters. The second-order valence-corrected chi connectivity index (χ2v) is 7.92. The Morgan fingerprint density at radius 3 is 2.76 bits per heavy atom. The summed E-state index contributed by atoms with van der Waals surface area (Å²) >= 11 is 0. The van der Waals surface area contributed by atoms with Crippen molar-refractivity contribution in [2.45, 2.75) is 32.7 Å². The van der Waals surface area contributed by atoms with Crippen LogP contribution in [0.3, 0.4) is 0 Å². The quantitative estimate of drug-likeness (QED) is 0.671. The molecule has 4 rings (SSSR count). The SMILES string of the molecule is Cc1cc(F)ccc1NC(=O)CC1CCN(Cc2ccnc3ccccc23)CC1. The molecule has 1 aromatic heterocycles. The van der Waals surface area contributed by atoms with E-state index in [1.54, 1.807) is 13.0 Å². The minimum atomic E-state index is -0.283. The Morgan fingerprint density at radius 2 is 1.97 bits per heavy atom. The van der Waals surface area contributed by atoms with Crippen molar-refractivity contribution in [3.05, 3.63) is 71.7 Å². The molecule has 3 aromatic rings. The highest BCUT2D eigenvalue weighted by Crippen LogP contribution is 2.25. The maximum absolute atomic E-state index is 13.2. The van der Waals surface area contributed by atoms with E-state index in [1.165, 1.54) is 23.1 Å². The van der Waals surface area contributed by atoms with E-state index in [0.717, 1.165) is 43.6 Å². The molecule has 0 saturated carbocycles. The van der Waals surface area contributed by atoms with Crippen molar-refractivity contribution >= 4 is 22.5 Å². The number of nitrogens with zero attached hydrogens (tertiary/aromatic N) is 2. The maximum atomic E-state index is 13.2. The predicted molar refractivity (Wildman–Crippen MR) is 114 cm³/mol. The van der Waals surface area contributed by atoms with Crippen LogP contribution in [-0.2, 0) is 11.3 Å². The number of nitrogens with one attached hydrogen (secondary N) is 1. The molecule has 4 nitrogen and oxygen atoms in total. The summed E-state index contributed by atoms with van der Waals surface area (Å²) in [6.07, 6.45) is 4.42. The first kappa shape index (κ1) is 19.5. The van der Waals surface area contributed by atoms with Crippen LogP contribution in [0.25, 0.3) is 10.9 Å². The first-order chi connectivity index (χ1) is 14.1. The van der Waals surface area contributed by atoms with Gasteiger partial charge in [-0.15, -0.1) is 0 Å². The minimum absolute atomic E-state index is 0.0123. The number of carbonyl (C=O) groups excluding carboxylic acids is 1. The van der Waals surface area contributed by atoms with E-state index in [1.807, 2.05) is 18.3 Å². The number of hydrogen-bond acceptors (Lipinski definition) is 3. The smallest absolute Gasteiger partial charge is 0.224 e. The molecule has 0 radical (unpaired) electrons. The normalized spacial score (nSPS) is 15.5. The lowest BCUT2D eigenvalue weighted by Gasteiger charge is -2.32. The van der Waals surface area contributed by atoms with E-state index in [0.29, 0.717) is 18.0 Å². The van der Waals surface area contributed by atoms with Gasteiger partial charge in [-0.25, -0.2) is 4.39 Å². The van der Waals surface area contributed by atoms with Gasteiger partial charge >= 0.3 is 0 Å². The third kappa shape index (κ3) is 4.80. The standard InChI is InChI=1S/C24H26FN3O/c1-17-14-20(25)6-7-22(17)27-24(29)15-18-9-12-28(13-10-18)16-19-8-11-26-23-5-3-2-4-21(19)23/h2-8,11,14,18H,9-10,12-13,15-16H2,1H3,(H,27,29). The fourth-order valence-electron chi connectivity index (χ4n) is 4.11. The van der Waals surface area contributed by atoms with E-state index in [9.17, 15) is 9.18 Å². The number of fused-ring (bicyclic) bond motifs is 1. The number of anilines is 1. The van der Waals surface area contributed by atoms with Crippen molar-refractivity contribution in [3.63, 3.8) is 0 Å². The zero-order chi connectivity index (χ0) is 20.2. The van der Waals surface area contributed by atoms with Gasteiger partial charge in [-0.2, -0.15) is 0 Å². The Labute approximate surface area is 170 Å². The van der Waals surface area contributed by atoms with Crippen LogP contribution >= 0.6 is 0 Å². The van der Waals surface area contributed by atoms with Gasteiger partial charge in [0.05, 0.1) is 5.52 Å². The van der Waals surface area contributed by atoms with Crippen molar-refractivity contribution in [2.75, 3.05) is 18.4 Å². The summed E-state index contributed by atoms with van der Waals surface area (Å²) in [5.74, 6) is 0.120.